The first-order valence-corrected chi connectivity index (χ1v) is 6.42. The van der Waals surface area contributed by atoms with Gasteiger partial charge in [-0.15, -0.1) is 0 Å². The third-order valence-electron chi connectivity index (χ3n) is 3.60. The number of hydrogen-bond donors (Lipinski definition) is 4. The van der Waals surface area contributed by atoms with Gasteiger partial charge in [0.1, 0.15) is 0 Å². The SMILES string of the molecule is CCc1[nH]nc(C(=O)NCC2CCCC2O)c1N. The highest BCUT2D eigenvalue weighted by Gasteiger charge is 2.26. The van der Waals surface area contributed by atoms with Crippen molar-refractivity contribution in [2.75, 3.05) is 12.3 Å². The Labute approximate surface area is 106 Å². The number of carbonyl (C=O) groups excluding carboxylic acids is 1. The molecule has 0 bridgehead atoms. The molecule has 0 aromatic carbocycles. The van der Waals surface area contributed by atoms with Gasteiger partial charge in [-0.2, -0.15) is 5.10 Å². The molecule has 1 fully saturated rings. The summed E-state index contributed by atoms with van der Waals surface area (Å²) >= 11 is 0. The van der Waals surface area contributed by atoms with Gasteiger partial charge in [-0.05, 0) is 19.3 Å². The molecule has 0 radical (unpaired) electrons. The first-order valence-electron chi connectivity index (χ1n) is 6.42. The molecule has 1 aliphatic carbocycles. The summed E-state index contributed by atoms with van der Waals surface area (Å²) in [5, 5.41) is 19.1. The summed E-state index contributed by atoms with van der Waals surface area (Å²) in [6.07, 6.45) is 3.22. The highest BCUT2D eigenvalue weighted by atomic mass is 16.3. The van der Waals surface area contributed by atoms with Crippen LogP contribution in [0.2, 0.25) is 0 Å². The summed E-state index contributed by atoms with van der Waals surface area (Å²) in [5.74, 6) is -0.123. The Hall–Kier alpha value is -1.56. The molecule has 0 saturated heterocycles. The molecule has 1 heterocycles. The fourth-order valence-corrected chi connectivity index (χ4v) is 2.39. The number of aliphatic hydroxyl groups excluding tert-OH is 1. The average molecular weight is 252 g/mol. The van der Waals surface area contributed by atoms with E-state index < -0.39 is 0 Å². The Morgan fingerprint density at radius 1 is 1.61 bits per heavy atom. The van der Waals surface area contributed by atoms with Crippen molar-refractivity contribution in [1.82, 2.24) is 15.5 Å². The summed E-state index contributed by atoms with van der Waals surface area (Å²) < 4.78 is 0. The van der Waals surface area contributed by atoms with E-state index in [-0.39, 0.29) is 23.6 Å². The van der Waals surface area contributed by atoms with E-state index in [1.165, 1.54) is 0 Å². The number of nitrogens with zero attached hydrogens (tertiary/aromatic N) is 1. The molecule has 6 heteroatoms. The second-order valence-corrected chi connectivity index (χ2v) is 4.79. The molecule has 1 aromatic rings. The second kappa shape index (κ2) is 5.39. The van der Waals surface area contributed by atoms with E-state index in [9.17, 15) is 9.90 Å². The van der Waals surface area contributed by atoms with E-state index in [1.54, 1.807) is 0 Å². The Balaban J connectivity index is 1.93. The van der Waals surface area contributed by atoms with Gasteiger partial charge in [-0.25, -0.2) is 0 Å². The van der Waals surface area contributed by atoms with Crippen molar-refractivity contribution in [2.45, 2.75) is 38.7 Å². The van der Waals surface area contributed by atoms with Crippen molar-refractivity contribution >= 4 is 11.6 Å². The summed E-state index contributed by atoms with van der Waals surface area (Å²) in [4.78, 5) is 11.9. The number of amides is 1. The zero-order chi connectivity index (χ0) is 13.1. The Bertz CT molecular complexity index is 430. The molecule has 5 N–H and O–H groups in total. The van der Waals surface area contributed by atoms with Gasteiger partial charge in [0.15, 0.2) is 5.69 Å². The predicted octanol–water partition coefficient (Wildman–Crippen LogP) is 0.445. The number of aryl methyl sites for hydroxylation is 1. The lowest BCUT2D eigenvalue weighted by Gasteiger charge is -2.14. The highest BCUT2D eigenvalue weighted by Crippen LogP contribution is 2.24. The average Bonchev–Trinajstić information content (AvgIpc) is 2.92. The number of nitrogens with two attached hydrogens (primary N) is 1. The van der Waals surface area contributed by atoms with E-state index in [1.807, 2.05) is 6.92 Å². The number of rotatable bonds is 4. The molecular weight excluding hydrogens is 232 g/mol. The fourth-order valence-electron chi connectivity index (χ4n) is 2.39. The van der Waals surface area contributed by atoms with Crippen LogP contribution < -0.4 is 11.1 Å². The Kier molecular flexibility index (Phi) is 3.86. The molecule has 0 spiro atoms. The minimum Gasteiger partial charge on any atom is -0.395 e. The number of nitrogen functional groups attached to an aromatic ring is 1. The number of hydrogen-bond acceptors (Lipinski definition) is 4. The predicted molar refractivity (Wildman–Crippen MR) is 68.1 cm³/mol. The zero-order valence-corrected chi connectivity index (χ0v) is 10.6. The number of aromatic amines is 1. The summed E-state index contributed by atoms with van der Waals surface area (Å²) in [6, 6.07) is 0. The first-order chi connectivity index (χ1) is 8.63. The van der Waals surface area contributed by atoms with Gasteiger partial charge < -0.3 is 16.2 Å². The number of nitrogens with one attached hydrogen (secondary N) is 2. The third-order valence-corrected chi connectivity index (χ3v) is 3.60. The lowest BCUT2D eigenvalue weighted by atomic mass is 10.1. The van der Waals surface area contributed by atoms with E-state index in [0.717, 1.165) is 25.0 Å². The summed E-state index contributed by atoms with van der Waals surface area (Å²) in [7, 11) is 0. The van der Waals surface area contributed by atoms with E-state index in [2.05, 4.69) is 15.5 Å². The van der Waals surface area contributed by atoms with Crippen LogP contribution in [0.15, 0.2) is 0 Å². The largest absolute Gasteiger partial charge is 0.395 e. The fraction of sp³-hybridized carbons (Fsp3) is 0.667. The van der Waals surface area contributed by atoms with Crippen LogP contribution in [0.1, 0.15) is 42.4 Å². The lowest BCUT2D eigenvalue weighted by Crippen LogP contribution is -2.33. The highest BCUT2D eigenvalue weighted by molar-refractivity contribution is 5.97. The number of aromatic nitrogens is 2. The summed E-state index contributed by atoms with van der Waals surface area (Å²) in [6.45, 7) is 2.42. The summed E-state index contributed by atoms with van der Waals surface area (Å²) in [5.41, 5.74) is 7.27. The molecule has 1 aliphatic rings. The molecule has 100 valence electrons. The van der Waals surface area contributed by atoms with Crippen LogP contribution >= 0.6 is 0 Å². The zero-order valence-electron chi connectivity index (χ0n) is 10.6. The van der Waals surface area contributed by atoms with E-state index in [4.69, 9.17) is 5.73 Å². The van der Waals surface area contributed by atoms with Gasteiger partial charge in [0.05, 0.1) is 17.5 Å². The molecule has 2 rings (SSSR count). The topological polar surface area (TPSA) is 104 Å². The monoisotopic (exact) mass is 252 g/mol. The Morgan fingerprint density at radius 2 is 2.39 bits per heavy atom. The third kappa shape index (κ3) is 2.48. The number of carbonyl (C=O) groups is 1. The number of H-pyrrole nitrogens is 1. The van der Waals surface area contributed by atoms with Crippen LogP contribution in [0.25, 0.3) is 0 Å². The van der Waals surface area contributed by atoms with Gasteiger partial charge in [0, 0.05) is 12.5 Å². The van der Waals surface area contributed by atoms with Gasteiger partial charge in [-0.3, -0.25) is 9.89 Å². The molecule has 6 nitrogen and oxygen atoms in total. The van der Waals surface area contributed by atoms with E-state index in [0.29, 0.717) is 18.7 Å². The van der Waals surface area contributed by atoms with Crippen molar-refractivity contribution in [3.05, 3.63) is 11.4 Å². The first kappa shape index (κ1) is 12.9. The van der Waals surface area contributed by atoms with E-state index >= 15 is 0 Å². The minimum atomic E-state index is -0.298. The molecule has 18 heavy (non-hydrogen) atoms. The Morgan fingerprint density at radius 3 is 2.94 bits per heavy atom. The van der Waals surface area contributed by atoms with Crippen LogP contribution in [0, 0.1) is 5.92 Å². The van der Waals surface area contributed by atoms with Crippen molar-refractivity contribution in [2.24, 2.45) is 5.92 Å². The maximum absolute atomic E-state index is 11.9. The van der Waals surface area contributed by atoms with Crippen molar-refractivity contribution in [3.63, 3.8) is 0 Å². The van der Waals surface area contributed by atoms with Gasteiger partial charge in [0.25, 0.3) is 5.91 Å². The normalized spacial score (nSPS) is 23.2. The van der Waals surface area contributed by atoms with Crippen LogP contribution in [-0.2, 0) is 6.42 Å². The van der Waals surface area contributed by atoms with Crippen molar-refractivity contribution < 1.29 is 9.90 Å². The minimum absolute atomic E-state index is 0.153. The quantitative estimate of drug-likeness (QED) is 0.624. The maximum atomic E-state index is 11.9. The molecule has 1 saturated carbocycles. The van der Waals surface area contributed by atoms with Gasteiger partial charge >= 0.3 is 0 Å². The maximum Gasteiger partial charge on any atom is 0.273 e. The van der Waals surface area contributed by atoms with Gasteiger partial charge in [-0.1, -0.05) is 13.3 Å². The smallest absolute Gasteiger partial charge is 0.273 e. The van der Waals surface area contributed by atoms with Crippen LogP contribution in [0.3, 0.4) is 0 Å². The standard InChI is InChI=1S/C12H20N4O2/c1-2-8-10(13)11(16-15-8)12(18)14-6-7-4-3-5-9(7)17/h7,9,17H,2-6,13H2,1H3,(H,14,18)(H,15,16). The molecule has 0 aliphatic heterocycles. The van der Waals surface area contributed by atoms with Crippen LogP contribution in [0.5, 0.6) is 0 Å². The number of anilines is 1. The van der Waals surface area contributed by atoms with Crippen LogP contribution in [-0.4, -0.2) is 33.9 Å². The molecular formula is C12H20N4O2. The molecule has 1 amide bonds. The molecule has 2 unspecified atom stereocenters. The number of aliphatic hydroxyl groups is 1. The van der Waals surface area contributed by atoms with Crippen LogP contribution in [0.4, 0.5) is 5.69 Å². The van der Waals surface area contributed by atoms with Gasteiger partial charge in [0.2, 0.25) is 0 Å². The van der Waals surface area contributed by atoms with Crippen molar-refractivity contribution in [1.29, 1.82) is 0 Å². The second-order valence-electron chi connectivity index (χ2n) is 4.79. The molecule has 1 aromatic heterocycles. The van der Waals surface area contributed by atoms with Crippen molar-refractivity contribution in [3.8, 4) is 0 Å². The lowest BCUT2D eigenvalue weighted by molar-refractivity contribution is 0.0913. The molecule has 2 atom stereocenters.